The zero-order valence-electron chi connectivity index (χ0n) is 12.6. The first-order chi connectivity index (χ1) is 9.65. The Hall–Kier alpha value is -1.15. The quantitative estimate of drug-likeness (QED) is 0.605. The second-order valence-electron chi connectivity index (χ2n) is 7.12. The van der Waals surface area contributed by atoms with Crippen molar-refractivity contribution >= 4 is 5.78 Å². The lowest BCUT2D eigenvalue weighted by Gasteiger charge is -2.36. The molecule has 3 atom stereocenters. The summed E-state index contributed by atoms with van der Waals surface area (Å²) in [6.07, 6.45) is 6.38. The molecule has 2 nitrogen and oxygen atoms in total. The van der Waals surface area contributed by atoms with Gasteiger partial charge >= 0.3 is 0 Å². The molecular formula is C18H26NO+. The van der Waals surface area contributed by atoms with Gasteiger partial charge in [-0.05, 0) is 31.6 Å². The summed E-state index contributed by atoms with van der Waals surface area (Å²) in [7, 11) is 2.36. The molecule has 0 unspecified atom stereocenters. The largest absolute Gasteiger partial charge is 0.325 e. The van der Waals surface area contributed by atoms with Gasteiger partial charge in [-0.1, -0.05) is 30.3 Å². The van der Waals surface area contributed by atoms with Crippen molar-refractivity contribution in [3.05, 3.63) is 35.9 Å². The zero-order chi connectivity index (χ0) is 14.0. The molecule has 2 aliphatic rings. The van der Waals surface area contributed by atoms with Gasteiger partial charge in [-0.3, -0.25) is 4.79 Å². The maximum atomic E-state index is 12.3. The van der Waals surface area contributed by atoms with E-state index in [0.29, 0.717) is 12.2 Å². The van der Waals surface area contributed by atoms with Crippen molar-refractivity contribution in [2.75, 3.05) is 26.7 Å². The fourth-order valence-electron chi connectivity index (χ4n) is 4.16. The Morgan fingerprint density at radius 3 is 2.70 bits per heavy atom. The Morgan fingerprint density at radius 1 is 1.15 bits per heavy atom. The van der Waals surface area contributed by atoms with Gasteiger partial charge in [-0.25, -0.2) is 0 Å². The van der Waals surface area contributed by atoms with E-state index in [1.807, 2.05) is 30.3 Å². The van der Waals surface area contributed by atoms with E-state index in [2.05, 4.69) is 7.05 Å². The highest BCUT2D eigenvalue weighted by Crippen LogP contribution is 2.38. The third-order valence-electron chi connectivity index (χ3n) is 5.40. The van der Waals surface area contributed by atoms with E-state index >= 15 is 0 Å². The fraction of sp³-hybridized carbons (Fsp3) is 0.611. The first kappa shape index (κ1) is 13.8. The number of ketones is 1. The molecule has 0 aromatic heterocycles. The Bertz CT molecular complexity index is 470. The molecule has 2 bridgehead atoms. The van der Waals surface area contributed by atoms with Crippen LogP contribution in [0.1, 0.15) is 42.5 Å². The Labute approximate surface area is 122 Å². The summed E-state index contributed by atoms with van der Waals surface area (Å²) in [6, 6.07) is 9.75. The van der Waals surface area contributed by atoms with Crippen LogP contribution in [0.5, 0.6) is 0 Å². The number of hydrogen-bond acceptors (Lipinski definition) is 1. The van der Waals surface area contributed by atoms with Crippen molar-refractivity contribution < 1.29 is 9.28 Å². The summed E-state index contributed by atoms with van der Waals surface area (Å²) in [6.45, 7) is 3.57. The highest BCUT2D eigenvalue weighted by atomic mass is 16.1. The first-order valence-corrected chi connectivity index (χ1v) is 8.06. The fourth-order valence-corrected chi connectivity index (χ4v) is 4.16. The number of fused-ring (bicyclic) bond motifs is 2. The highest BCUT2D eigenvalue weighted by Gasteiger charge is 2.37. The maximum absolute atomic E-state index is 12.3. The lowest BCUT2D eigenvalue weighted by molar-refractivity contribution is -0.911. The molecule has 1 aliphatic carbocycles. The van der Waals surface area contributed by atoms with Crippen LogP contribution < -0.4 is 0 Å². The molecule has 3 rings (SSSR count). The van der Waals surface area contributed by atoms with Crippen molar-refractivity contribution in [3.63, 3.8) is 0 Å². The normalized spacial score (nSPS) is 32.9. The molecule has 2 fully saturated rings. The van der Waals surface area contributed by atoms with Gasteiger partial charge in [0, 0.05) is 11.5 Å². The van der Waals surface area contributed by atoms with Gasteiger partial charge in [0.2, 0.25) is 0 Å². The molecule has 1 saturated heterocycles. The predicted octanol–water partition coefficient (Wildman–Crippen LogP) is 3.53. The lowest BCUT2D eigenvalue weighted by Crippen LogP contribution is -2.48. The number of carbonyl (C=O) groups excluding carboxylic acids is 1. The minimum Gasteiger partial charge on any atom is -0.325 e. The van der Waals surface area contributed by atoms with Crippen LogP contribution in [-0.4, -0.2) is 36.9 Å². The van der Waals surface area contributed by atoms with E-state index in [-0.39, 0.29) is 0 Å². The minimum atomic E-state index is 0.305. The second-order valence-corrected chi connectivity index (χ2v) is 7.12. The van der Waals surface area contributed by atoms with Crippen LogP contribution in [0.3, 0.4) is 0 Å². The number of rotatable bonds is 4. The Morgan fingerprint density at radius 2 is 1.90 bits per heavy atom. The molecule has 0 spiro atoms. The Kier molecular flexibility index (Phi) is 3.93. The summed E-state index contributed by atoms with van der Waals surface area (Å²) in [5.41, 5.74) is 0.871. The van der Waals surface area contributed by atoms with Crippen LogP contribution >= 0.6 is 0 Å². The molecule has 108 valence electrons. The number of quaternary nitrogens is 1. The molecule has 1 aromatic rings. The van der Waals surface area contributed by atoms with Crippen LogP contribution in [0, 0.1) is 11.8 Å². The van der Waals surface area contributed by atoms with Crippen LogP contribution in [0.4, 0.5) is 0 Å². The SMILES string of the molecule is C[N@+]1(CCC(=O)c2ccccc2)CC[C@@H]2CC[C@@H](C2)C1. The molecule has 1 aliphatic heterocycles. The summed E-state index contributed by atoms with van der Waals surface area (Å²) in [5, 5.41) is 0. The minimum absolute atomic E-state index is 0.305. The first-order valence-electron chi connectivity index (χ1n) is 8.06. The molecule has 0 N–H and O–H groups in total. The van der Waals surface area contributed by atoms with Crippen molar-refractivity contribution in [2.24, 2.45) is 11.8 Å². The van der Waals surface area contributed by atoms with E-state index < -0.39 is 0 Å². The standard InChI is InChI=1S/C18H26NO/c1-19(11-9-15-7-8-16(13-15)14-19)12-10-18(20)17-5-3-2-4-6-17/h2-6,15-16H,7-14H2,1H3/q+1/t15-,16-,19+/m0/s1. The number of nitrogens with zero attached hydrogens (tertiary/aromatic N) is 1. The summed E-state index contributed by atoms with van der Waals surface area (Å²) in [4.78, 5) is 12.3. The zero-order valence-corrected chi connectivity index (χ0v) is 12.6. The lowest BCUT2D eigenvalue weighted by atomic mass is 10.0. The van der Waals surface area contributed by atoms with Gasteiger partial charge in [0.15, 0.2) is 5.78 Å². The molecule has 1 aromatic carbocycles. The second kappa shape index (κ2) is 5.69. The average Bonchev–Trinajstić information content (AvgIpc) is 2.83. The van der Waals surface area contributed by atoms with E-state index in [1.165, 1.54) is 38.8 Å². The smallest absolute Gasteiger partial charge is 0.168 e. The van der Waals surface area contributed by atoms with Crippen molar-refractivity contribution in [1.29, 1.82) is 0 Å². The summed E-state index contributed by atoms with van der Waals surface area (Å²) in [5.74, 6) is 2.20. The van der Waals surface area contributed by atoms with E-state index in [1.54, 1.807) is 0 Å². The molecule has 20 heavy (non-hydrogen) atoms. The Balaban J connectivity index is 1.58. The van der Waals surface area contributed by atoms with Crippen molar-refractivity contribution in [1.82, 2.24) is 0 Å². The molecule has 1 heterocycles. The van der Waals surface area contributed by atoms with Crippen LogP contribution in [0.15, 0.2) is 30.3 Å². The number of likely N-dealkylation sites (tertiary alicyclic amines) is 1. The van der Waals surface area contributed by atoms with Gasteiger partial charge in [0.05, 0.1) is 33.1 Å². The predicted molar refractivity (Wildman–Crippen MR) is 81.6 cm³/mol. The molecular weight excluding hydrogens is 246 g/mol. The average molecular weight is 272 g/mol. The van der Waals surface area contributed by atoms with Crippen LogP contribution in [0.2, 0.25) is 0 Å². The molecule has 0 amide bonds. The van der Waals surface area contributed by atoms with Crippen LogP contribution in [-0.2, 0) is 0 Å². The summed E-state index contributed by atoms with van der Waals surface area (Å²) < 4.78 is 1.11. The third kappa shape index (κ3) is 3.12. The van der Waals surface area contributed by atoms with Gasteiger partial charge in [-0.15, -0.1) is 0 Å². The van der Waals surface area contributed by atoms with Gasteiger partial charge in [-0.2, -0.15) is 0 Å². The van der Waals surface area contributed by atoms with Gasteiger partial charge < -0.3 is 4.48 Å². The third-order valence-corrected chi connectivity index (χ3v) is 5.40. The number of hydrogen-bond donors (Lipinski definition) is 0. The maximum Gasteiger partial charge on any atom is 0.168 e. The van der Waals surface area contributed by atoms with Crippen LogP contribution in [0.25, 0.3) is 0 Å². The van der Waals surface area contributed by atoms with E-state index in [9.17, 15) is 4.79 Å². The topological polar surface area (TPSA) is 17.1 Å². The molecule has 1 saturated carbocycles. The number of benzene rings is 1. The van der Waals surface area contributed by atoms with Gasteiger partial charge in [0.25, 0.3) is 0 Å². The van der Waals surface area contributed by atoms with E-state index in [4.69, 9.17) is 0 Å². The summed E-state index contributed by atoms with van der Waals surface area (Å²) >= 11 is 0. The number of Topliss-reactive ketones (excluding diaryl/α,β-unsaturated/α-hetero) is 1. The monoisotopic (exact) mass is 272 g/mol. The van der Waals surface area contributed by atoms with Crippen molar-refractivity contribution in [3.8, 4) is 0 Å². The molecule has 2 heteroatoms. The number of carbonyl (C=O) groups is 1. The van der Waals surface area contributed by atoms with Crippen molar-refractivity contribution in [2.45, 2.75) is 32.1 Å². The van der Waals surface area contributed by atoms with Gasteiger partial charge in [0.1, 0.15) is 0 Å². The highest BCUT2D eigenvalue weighted by molar-refractivity contribution is 5.96. The van der Waals surface area contributed by atoms with E-state index in [0.717, 1.165) is 28.4 Å². The molecule has 0 radical (unpaired) electrons.